The highest BCUT2D eigenvalue weighted by Crippen LogP contribution is 2.22. The van der Waals surface area contributed by atoms with Gasteiger partial charge in [-0.15, -0.1) is 5.54 Å². The Morgan fingerprint density at radius 3 is 2.50 bits per heavy atom. The molecule has 0 N–H and O–H groups in total. The second-order valence-corrected chi connectivity index (χ2v) is 9.96. The van der Waals surface area contributed by atoms with Crippen molar-refractivity contribution in [1.82, 2.24) is 4.98 Å². The van der Waals surface area contributed by atoms with Crippen molar-refractivity contribution in [2.24, 2.45) is 0 Å². The standard InChI is InChI=1S/C13H17NOSi/c1-16(2,3)7-6-13-5-4-11(8-14-13)12-9-15-10-12/h4-5,8,12H,9-10H2,1-3H3. The van der Waals surface area contributed by atoms with E-state index in [-0.39, 0.29) is 0 Å². The molecule has 1 saturated heterocycles. The van der Waals surface area contributed by atoms with Gasteiger partial charge in [0.25, 0.3) is 0 Å². The van der Waals surface area contributed by atoms with Crippen molar-refractivity contribution in [3.8, 4) is 11.5 Å². The third-order valence-electron chi connectivity index (χ3n) is 2.46. The first kappa shape index (κ1) is 11.4. The third-order valence-corrected chi connectivity index (χ3v) is 3.34. The summed E-state index contributed by atoms with van der Waals surface area (Å²) in [6, 6.07) is 4.13. The SMILES string of the molecule is C[Si](C)(C)C#Cc1ccc(C2COC2)cn1. The molecule has 2 rings (SSSR count). The molecule has 0 spiro atoms. The molecule has 0 unspecified atom stereocenters. The van der Waals surface area contributed by atoms with Crippen LogP contribution in [-0.4, -0.2) is 26.3 Å². The Morgan fingerprint density at radius 2 is 2.06 bits per heavy atom. The van der Waals surface area contributed by atoms with Crippen LogP contribution in [0, 0.1) is 11.5 Å². The van der Waals surface area contributed by atoms with Gasteiger partial charge in [0.1, 0.15) is 13.8 Å². The Kier molecular flexibility index (Phi) is 3.13. The Balaban J connectivity index is 2.09. The maximum absolute atomic E-state index is 5.16. The van der Waals surface area contributed by atoms with Gasteiger partial charge in [-0.1, -0.05) is 31.6 Å². The van der Waals surface area contributed by atoms with Gasteiger partial charge in [0, 0.05) is 12.1 Å². The van der Waals surface area contributed by atoms with E-state index < -0.39 is 8.07 Å². The Morgan fingerprint density at radius 1 is 1.31 bits per heavy atom. The zero-order chi connectivity index (χ0) is 11.6. The molecule has 2 heterocycles. The average Bonchev–Trinajstić information content (AvgIpc) is 2.13. The number of pyridine rings is 1. The Hall–Kier alpha value is -1.11. The van der Waals surface area contributed by atoms with Crippen LogP contribution in [0.4, 0.5) is 0 Å². The number of aromatic nitrogens is 1. The van der Waals surface area contributed by atoms with Crippen molar-refractivity contribution in [2.75, 3.05) is 13.2 Å². The first-order valence-electron chi connectivity index (χ1n) is 5.61. The molecule has 0 aliphatic carbocycles. The summed E-state index contributed by atoms with van der Waals surface area (Å²) < 4.78 is 5.16. The summed E-state index contributed by atoms with van der Waals surface area (Å²) in [5, 5.41) is 0. The molecule has 3 heteroatoms. The van der Waals surface area contributed by atoms with Crippen molar-refractivity contribution in [3.63, 3.8) is 0 Å². The third kappa shape index (κ3) is 2.94. The van der Waals surface area contributed by atoms with E-state index in [1.165, 1.54) is 5.56 Å². The van der Waals surface area contributed by atoms with Crippen LogP contribution in [0.5, 0.6) is 0 Å². The fourth-order valence-corrected chi connectivity index (χ4v) is 1.90. The fourth-order valence-electron chi connectivity index (χ4n) is 1.40. The summed E-state index contributed by atoms with van der Waals surface area (Å²) in [6.45, 7) is 8.38. The van der Waals surface area contributed by atoms with E-state index in [0.29, 0.717) is 5.92 Å². The largest absolute Gasteiger partial charge is 0.380 e. The van der Waals surface area contributed by atoms with E-state index in [2.05, 4.69) is 42.2 Å². The molecule has 0 bridgehead atoms. The van der Waals surface area contributed by atoms with E-state index in [9.17, 15) is 0 Å². The maximum atomic E-state index is 5.16. The number of hydrogen-bond acceptors (Lipinski definition) is 2. The smallest absolute Gasteiger partial charge is 0.129 e. The first-order valence-corrected chi connectivity index (χ1v) is 9.11. The molecule has 2 nitrogen and oxygen atoms in total. The van der Waals surface area contributed by atoms with Crippen molar-refractivity contribution in [3.05, 3.63) is 29.6 Å². The molecule has 0 atom stereocenters. The highest BCUT2D eigenvalue weighted by Gasteiger charge is 2.20. The lowest BCUT2D eigenvalue weighted by molar-refractivity contribution is 0.00829. The highest BCUT2D eigenvalue weighted by atomic mass is 28.3. The molecule has 1 aliphatic heterocycles. The number of rotatable bonds is 1. The van der Waals surface area contributed by atoms with Gasteiger partial charge in [-0.05, 0) is 11.6 Å². The molecule has 0 radical (unpaired) electrons. The van der Waals surface area contributed by atoms with E-state index >= 15 is 0 Å². The second kappa shape index (κ2) is 4.40. The average molecular weight is 231 g/mol. The molecule has 1 aromatic heterocycles. The molecule has 1 aromatic rings. The van der Waals surface area contributed by atoms with Crippen LogP contribution >= 0.6 is 0 Å². The molecule has 0 aromatic carbocycles. The van der Waals surface area contributed by atoms with Gasteiger partial charge >= 0.3 is 0 Å². The molecule has 1 aliphatic rings. The van der Waals surface area contributed by atoms with E-state index in [1.807, 2.05) is 12.3 Å². The van der Waals surface area contributed by atoms with E-state index in [4.69, 9.17) is 4.74 Å². The quantitative estimate of drug-likeness (QED) is 0.547. The second-order valence-electron chi connectivity index (χ2n) is 5.21. The zero-order valence-electron chi connectivity index (χ0n) is 10.1. The van der Waals surface area contributed by atoms with Crippen molar-refractivity contribution in [2.45, 2.75) is 25.6 Å². The van der Waals surface area contributed by atoms with Crippen LogP contribution in [-0.2, 0) is 4.74 Å². The van der Waals surface area contributed by atoms with Crippen molar-refractivity contribution < 1.29 is 4.74 Å². The summed E-state index contributed by atoms with van der Waals surface area (Å²) in [7, 11) is -1.29. The van der Waals surface area contributed by atoms with Gasteiger partial charge in [0.2, 0.25) is 0 Å². The van der Waals surface area contributed by atoms with Gasteiger partial charge in [-0.2, -0.15) is 0 Å². The van der Waals surface area contributed by atoms with Crippen LogP contribution in [0.2, 0.25) is 19.6 Å². The van der Waals surface area contributed by atoms with Gasteiger partial charge in [-0.25, -0.2) is 4.98 Å². The monoisotopic (exact) mass is 231 g/mol. The van der Waals surface area contributed by atoms with Gasteiger partial charge < -0.3 is 4.74 Å². The number of nitrogens with zero attached hydrogens (tertiary/aromatic N) is 1. The molecule has 1 fully saturated rings. The summed E-state index contributed by atoms with van der Waals surface area (Å²) >= 11 is 0. The molecule has 0 amide bonds. The summed E-state index contributed by atoms with van der Waals surface area (Å²) in [4.78, 5) is 4.38. The summed E-state index contributed by atoms with van der Waals surface area (Å²) in [5.41, 5.74) is 5.47. The van der Waals surface area contributed by atoms with Gasteiger partial charge in [0.05, 0.1) is 13.2 Å². The highest BCUT2D eigenvalue weighted by molar-refractivity contribution is 6.83. The van der Waals surface area contributed by atoms with Crippen LogP contribution in [0.25, 0.3) is 0 Å². The summed E-state index contributed by atoms with van der Waals surface area (Å²) in [6.07, 6.45) is 1.93. The predicted molar refractivity (Wildman–Crippen MR) is 68.0 cm³/mol. The van der Waals surface area contributed by atoms with Crippen LogP contribution in [0.15, 0.2) is 18.3 Å². The van der Waals surface area contributed by atoms with Crippen LogP contribution in [0.3, 0.4) is 0 Å². The maximum Gasteiger partial charge on any atom is 0.129 e. The first-order chi connectivity index (χ1) is 7.54. The minimum absolute atomic E-state index is 0.548. The van der Waals surface area contributed by atoms with Crippen LogP contribution in [0.1, 0.15) is 17.2 Å². The molecule has 84 valence electrons. The summed E-state index contributed by atoms with van der Waals surface area (Å²) in [5.74, 6) is 3.70. The number of ether oxygens (including phenoxy) is 1. The van der Waals surface area contributed by atoms with Gasteiger partial charge in [0.15, 0.2) is 0 Å². The predicted octanol–water partition coefficient (Wildman–Crippen LogP) is 2.42. The minimum Gasteiger partial charge on any atom is -0.380 e. The van der Waals surface area contributed by atoms with E-state index in [0.717, 1.165) is 18.9 Å². The van der Waals surface area contributed by atoms with Gasteiger partial charge in [-0.3, -0.25) is 0 Å². The molecular formula is C13H17NOSi. The lowest BCUT2D eigenvalue weighted by Crippen LogP contribution is -2.25. The molecular weight excluding hydrogens is 214 g/mol. The zero-order valence-corrected chi connectivity index (χ0v) is 11.1. The molecule has 16 heavy (non-hydrogen) atoms. The Bertz CT molecular complexity index is 418. The van der Waals surface area contributed by atoms with Crippen molar-refractivity contribution in [1.29, 1.82) is 0 Å². The topological polar surface area (TPSA) is 22.1 Å². The lowest BCUT2D eigenvalue weighted by atomic mass is 9.99. The fraction of sp³-hybridized carbons (Fsp3) is 0.462. The van der Waals surface area contributed by atoms with Crippen molar-refractivity contribution >= 4 is 8.07 Å². The molecule has 0 saturated carbocycles. The Labute approximate surface area is 98.1 Å². The van der Waals surface area contributed by atoms with E-state index in [1.54, 1.807) is 0 Å². The lowest BCUT2D eigenvalue weighted by Gasteiger charge is -2.25. The number of hydrogen-bond donors (Lipinski definition) is 0. The van der Waals surface area contributed by atoms with Crippen LogP contribution < -0.4 is 0 Å². The minimum atomic E-state index is -1.29. The normalized spacial score (nSPS) is 16.2.